The van der Waals surface area contributed by atoms with Gasteiger partial charge in [-0.15, -0.1) is 0 Å². The molecule has 0 N–H and O–H groups in total. The van der Waals surface area contributed by atoms with Gasteiger partial charge in [-0.2, -0.15) is 0 Å². The van der Waals surface area contributed by atoms with Crippen molar-refractivity contribution < 1.29 is 0 Å². The summed E-state index contributed by atoms with van der Waals surface area (Å²) >= 11 is 0. The second kappa shape index (κ2) is 9.22. The highest BCUT2D eigenvalue weighted by atomic mass is 14.1. The molecule has 0 nitrogen and oxygen atoms in total. The van der Waals surface area contributed by atoms with E-state index in [1.807, 2.05) is 0 Å². The molecule has 0 saturated carbocycles. The van der Waals surface area contributed by atoms with E-state index in [2.05, 4.69) is 50.2 Å². The van der Waals surface area contributed by atoms with Gasteiger partial charge >= 0.3 is 0 Å². The molecule has 2 aromatic carbocycles. The summed E-state index contributed by atoms with van der Waals surface area (Å²) in [5.41, 5.74) is 9.24. The van der Waals surface area contributed by atoms with Gasteiger partial charge in [0.2, 0.25) is 0 Å². The van der Waals surface area contributed by atoms with Crippen molar-refractivity contribution in [2.24, 2.45) is 0 Å². The smallest absolute Gasteiger partial charge is 0.0276 e. The molecular formula is C25H34. The SMILES string of the molecule is Cc1ccc2c(c1)CCCCC2.Cc1ccc2c(c1)CCCCCC2. The Labute approximate surface area is 154 Å². The van der Waals surface area contributed by atoms with Crippen LogP contribution in [0.5, 0.6) is 0 Å². The van der Waals surface area contributed by atoms with Crippen molar-refractivity contribution in [3.63, 3.8) is 0 Å². The molecule has 0 bridgehead atoms. The molecule has 0 spiro atoms. The highest BCUT2D eigenvalue weighted by Gasteiger charge is 2.07. The fourth-order valence-electron chi connectivity index (χ4n) is 4.25. The second-order valence-corrected chi connectivity index (χ2v) is 8.02. The van der Waals surface area contributed by atoms with Crippen LogP contribution in [0.4, 0.5) is 0 Å². The molecule has 134 valence electrons. The third-order valence-electron chi connectivity index (χ3n) is 5.76. The third kappa shape index (κ3) is 5.46. The minimum absolute atomic E-state index is 1.30. The number of hydrogen-bond donors (Lipinski definition) is 0. The van der Waals surface area contributed by atoms with E-state index in [9.17, 15) is 0 Å². The highest BCUT2D eigenvalue weighted by molar-refractivity contribution is 5.33. The Morgan fingerprint density at radius 1 is 0.440 bits per heavy atom. The van der Waals surface area contributed by atoms with E-state index in [0.717, 1.165) is 0 Å². The van der Waals surface area contributed by atoms with Crippen LogP contribution in [-0.4, -0.2) is 0 Å². The van der Waals surface area contributed by atoms with Crippen molar-refractivity contribution in [2.45, 2.75) is 84.5 Å². The van der Waals surface area contributed by atoms with Crippen molar-refractivity contribution in [3.8, 4) is 0 Å². The van der Waals surface area contributed by atoms with E-state index >= 15 is 0 Å². The van der Waals surface area contributed by atoms with Crippen LogP contribution in [0.3, 0.4) is 0 Å². The maximum atomic E-state index is 2.38. The molecule has 0 atom stereocenters. The van der Waals surface area contributed by atoms with Crippen LogP contribution >= 0.6 is 0 Å². The lowest BCUT2D eigenvalue weighted by Gasteiger charge is -2.13. The Kier molecular flexibility index (Phi) is 6.73. The predicted octanol–water partition coefficient (Wildman–Crippen LogP) is 6.92. The first-order valence-electron chi connectivity index (χ1n) is 10.4. The van der Waals surface area contributed by atoms with E-state index < -0.39 is 0 Å². The van der Waals surface area contributed by atoms with E-state index in [-0.39, 0.29) is 0 Å². The van der Waals surface area contributed by atoms with Crippen molar-refractivity contribution in [1.82, 2.24) is 0 Å². The molecule has 0 radical (unpaired) electrons. The van der Waals surface area contributed by atoms with E-state index in [1.165, 1.54) is 81.8 Å². The van der Waals surface area contributed by atoms with Gasteiger partial charge in [0, 0.05) is 0 Å². The fraction of sp³-hybridized carbons (Fsp3) is 0.520. The summed E-state index contributed by atoms with van der Waals surface area (Å²) in [5, 5.41) is 0. The zero-order chi connectivity index (χ0) is 17.5. The molecule has 0 fully saturated rings. The van der Waals surface area contributed by atoms with Crippen LogP contribution in [0.25, 0.3) is 0 Å². The normalized spacial score (nSPS) is 17.0. The van der Waals surface area contributed by atoms with Gasteiger partial charge in [-0.1, -0.05) is 66.8 Å². The van der Waals surface area contributed by atoms with E-state index in [4.69, 9.17) is 0 Å². The summed E-state index contributed by atoms with van der Waals surface area (Å²) in [5.74, 6) is 0. The molecule has 2 aliphatic rings. The molecule has 2 aliphatic carbocycles. The second-order valence-electron chi connectivity index (χ2n) is 8.02. The van der Waals surface area contributed by atoms with Gasteiger partial charge in [0.1, 0.15) is 0 Å². The molecule has 0 saturated heterocycles. The minimum atomic E-state index is 1.30. The first-order chi connectivity index (χ1) is 12.2. The lowest BCUT2D eigenvalue weighted by Crippen LogP contribution is -1.99. The van der Waals surface area contributed by atoms with Crippen molar-refractivity contribution in [1.29, 1.82) is 0 Å². The maximum absolute atomic E-state index is 2.38. The number of hydrogen-bond acceptors (Lipinski definition) is 0. The molecule has 25 heavy (non-hydrogen) atoms. The van der Waals surface area contributed by atoms with Crippen LogP contribution in [0.15, 0.2) is 36.4 Å². The quantitative estimate of drug-likeness (QED) is 0.459. The number of rotatable bonds is 0. The largest absolute Gasteiger partial charge is 0.0590 e. The first kappa shape index (κ1) is 18.2. The lowest BCUT2D eigenvalue weighted by atomic mass is 9.92. The Morgan fingerprint density at radius 3 is 1.24 bits per heavy atom. The Balaban J connectivity index is 0.000000146. The standard InChI is InChI=1S/C13H18.C12H16/c1-11-8-9-12-6-4-2-3-5-7-13(12)10-11;1-10-7-8-11-5-3-2-4-6-12(11)9-10/h8-10H,2-7H2,1H3;7-9H,2-6H2,1H3. The monoisotopic (exact) mass is 334 g/mol. The van der Waals surface area contributed by atoms with Crippen molar-refractivity contribution in [2.75, 3.05) is 0 Å². The van der Waals surface area contributed by atoms with Crippen LogP contribution in [0.1, 0.15) is 78.3 Å². The van der Waals surface area contributed by atoms with Gasteiger partial charge in [-0.05, 0) is 87.5 Å². The molecule has 2 aromatic rings. The Hall–Kier alpha value is -1.56. The Morgan fingerprint density at radius 2 is 0.800 bits per heavy atom. The summed E-state index contributed by atoms with van der Waals surface area (Å²) in [6.45, 7) is 4.38. The summed E-state index contributed by atoms with van der Waals surface area (Å²) in [6.07, 6.45) is 15.0. The van der Waals surface area contributed by atoms with Gasteiger partial charge in [-0.25, -0.2) is 0 Å². The number of benzene rings is 2. The van der Waals surface area contributed by atoms with Gasteiger partial charge in [0.05, 0.1) is 0 Å². The van der Waals surface area contributed by atoms with Gasteiger partial charge < -0.3 is 0 Å². The molecule has 0 unspecified atom stereocenters. The predicted molar refractivity (Wildman–Crippen MR) is 109 cm³/mol. The topological polar surface area (TPSA) is 0 Å². The highest BCUT2D eigenvalue weighted by Crippen LogP contribution is 2.22. The molecule has 0 heteroatoms. The van der Waals surface area contributed by atoms with Crippen LogP contribution in [0.2, 0.25) is 0 Å². The molecular weight excluding hydrogens is 300 g/mol. The van der Waals surface area contributed by atoms with Gasteiger partial charge in [0.15, 0.2) is 0 Å². The van der Waals surface area contributed by atoms with Crippen molar-refractivity contribution in [3.05, 3.63) is 69.8 Å². The molecule has 0 aromatic heterocycles. The zero-order valence-corrected chi connectivity index (χ0v) is 16.2. The summed E-state index contributed by atoms with van der Waals surface area (Å²) in [7, 11) is 0. The van der Waals surface area contributed by atoms with Crippen LogP contribution in [-0.2, 0) is 25.7 Å². The average Bonchev–Trinajstić information content (AvgIpc) is 2.82. The Bertz CT molecular complexity index is 680. The lowest BCUT2D eigenvalue weighted by molar-refractivity contribution is 0.617. The third-order valence-corrected chi connectivity index (χ3v) is 5.76. The van der Waals surface area contributed by atoms with Gasteiger partial charge in [-0.3, -0.25) is 0 Å². The minimum Gasteiger partial charge on any atom is -0.0590 e. The average molecular weight is 335 g/mol. The van der Waals surface area contributed by atoms with Crippen LogP contribution < -0.4 is 0 Å². The number of fused-ring (bicyclic) bond motifs is 2. The summed E-state index contributed by atoms with van der Waals surface area (Å²) in [6, 6.07) is 13.9. The number of aryl methyl sites for hydroxylation is 6. The van der Waals surface area contributed by atoms with E-state index in [0.29, 0.717) is 0 Å². The van der Waals surface area contributed by atoms with Crippen molar-refractivity contribution >= 4 is 0 Å². The molecule has 4 rings (SSSR count). The molecule has 0 aliphatic heterocycles. The summed E-state index contributed by atoms with van der Waals surface area (Å²) in [4.78, 5) is 0. The zero-order valence-electron chi connectivity index (χ0n) is 16.2. The van der Waals surface area contributed by atoms with Gasteiger partial charge in [0.25, 0.3) is 0 Å². The molecule has 0 amide bonds. The first-order valence-corrected chi connectivity index (χ1v) is 10.4. The maximum Gasteiger partial charge on any atom is -0.0276 e. The van der Waals surface area contributed by atoms with E-state index in [1.54, 1.807) is 22.3 Å². The molecule has 0 heterocycles. The van der Waals surface area contributed by atoms with Crippen LogP contribution in [0, 0.1) is 13.8 Å². The summed E-state index contributed by atoms with van der Waals surface area (Å²) < 4.78 is 0. The fourth-order valence-corrected chi connectivity index (χ4v) is 4.25.